The molecule has 0 spiro atoms. The average Bonchev–Trinajstić information content (AvgIpc) is 2.40. The van der Waals surface area contributed by atoms with Gasteiger partial charge >= 0.3 is 5.97 Å². The van der Waals surface area contributed by atoms with Crippen LogP contribution in [-0.2, 0) is 9.59 Å². The molecule has 1 atom stereocenters. The molecule has 2 rings (SSSR count). The van der Waals surface area contributed by atoms with Crippen molar-refractivity contribution in [2.45, 2.75) is 19.4 Å². The van der Waals surface area contributed by atoms with Crippen LogP contribution in [0.25, 0.3) is 0 Å². The van der Waals surface area contributed by atoms with E-state index in [0.717, 1.165) is 0 Å². The van der Waals surface area contributed by atoms with E-state index in [0.29, 0.717) is 30.2 Å². The first kappa shape index (κ1) is 13.8. The van der Waals surface area contributed by atoms with E-state index in [2.05, 4.69) is 10.3 Å². The van der Waals surface area contributed by atoms with Crippen LogP contribution in [-0.4, -0.2) is 41.1 Å². The van der Waals surface area contributed by atoms with Gasteiger partial charge in [-0.25, -0.2) is 4.98 Å². The summed E-state index contributed by atoms with van der Waals surface area (Å²) in [5.74, 6) is -1.05. The molecular formula is C13H14N4O3. The first-order valence-electron chi connectivity index (χ1n) is 6.17. The number of hydrogen-bond donors (Lipinski definition) is 2. The minimum atomic E-state index is -1.07. The first-order valence-corrected chi connectivity index (χ1v) is 6.17. The fourth-order valence-corrected chi connectivity index (χ4v) is 2.19. The van der Waals surface area contributed by atoms with Gasteiger partial charge in [-0.2, -0.15) is 5.26 Å². The molecular weight excluding hydrogens is 260 g/mol. The van der Waals surface area contributed by atoms with E-state index < -0.39 is 12.0 Å². The minimum absolute atomic E-state index is 0.327. The summed E-state index contributed by atoms with van der Waals surface area (Å²) in [6.45, 7) is 2.60. The Bertz CT molecular complexity index is 594. The maximum atomic E-state index is 11.9. The van der Waals surface area contributed by atoms with Gasteiger partial charge in [-0.3, -0.25) is 9.59 Å². The van der Waals surface area contributed by atoms with Crippen LogP contribution in [0.4, 0.5) is 5.82 Å². The van der Waals surface area contributed by atoms with Crippen molar-refractivity contribution in [2.24, 2.45) is 0 Å². The highest BCUT2D eigenvalue weighted by atomic mass is 16.4. The number of piperazine rings is 1. The summed E-state index contributed by atoms with van der Waals surface area (Å²) in [5, 5.41) is 20.7. The van der Waals surface area contributed by atoms with E-state index >= 15 is 0 Å². The van der Waals surface area contributed by atoms with Crippen molar-refractivity contribution in [1.29, 1.82) is 5.26 Å². The predicted octanol–water partition coefficient (Wildman–Crippen LogP) is 0.0412. The van der Waals surface area contributed by atoms with Crippen molar-refractivity contribution >= 4 is 17.7 Å². The second kappa shape index (κ2) is 5.57. The van der Waals surface area contributed by atoms with Gasteiger partial charge in [-0.1, -0.05) is 0 Å². The van der Waals surface area contributed by atoms with Gasteiger partial charge in [0, 0.05) is 18.8 Å². The van der Waals surface area contributed by atoms with Gasteiger partial charge < -0.3 is 15.3 Å². The number of hydrogen-bond acceptors (Lipinski definition) is 5. The van der Waals surface area contributed by atoms with Crippen molar-refractivity contribution in [1.82, 2.24) is 10.3 Å². The van der Waals surface area contributed by atoms with Crippen LogP contribution in [0.1, 0.15) is 17.7 Å². The number of carbonyl (C=O) groups excluding carboxylic acids is 1. The highest BCUT2D eigenvalue weighted by Crippen LogP contribution is 2.23. The Morgan fingerprint density at radius 1 is 1.65 bits per heavy atom. The van der Waals surface area contributed by atoms with Gasteiger partial charge in [0.15, 0.2) is 0 Å². The molecule has 1 fully saturated rings. The van der Waals surface area contributed by atoms with Gasteiger partial charge in [0.1, 0.15) is 17.9 Å². The molecule has 1 unspecified atom stereocenters. The maximum Gasteiger partial charge on any atom is 0.305 e. The first-order chi connectivity index (χ1) is 9.52. The third-order valence-electron chi connectivity index (χ3n) is 3.11. The molecule has 0 bridgehead atoms. The van der Waals surface area contributed by atoms with Gasteiger partial charge in [0.25, 0.3) is 0 Å². The normalized spacial score (nSPS) is 18.3. The highest BCUT2D eigenvalue weighted by molar-refractivity contribution is 5.90. The van der Waals surface area contributed by atoms with Gasteiger partial charge in [-0.15, -0.1) is 0 Å². The number of rotatable bonds is 3. The fraction of sp³-hybridized carbons (Fsp3) is 0.385. The summed E-state index contributed by atoms with van der Waals surface area (Å²) in [6.07, 6.45) is -0.327. The molecule has 7 nitrogen and oxygen atoms in total. The number of carboxylic acids is 1. The number of pyridine rings is 1. The summed E-state index contributed by atoms with van der Waals surface area (Å²) in [6, 6.07) is 4.51. The number of aliphatic carboxylic acids is 1. The van der Waals surface area contributed by atoms with Crippen molar-refractivity contribution in [3.8, 4) is 6.07 Å². The number of nitriles is 1. The van der Waals surface area contributed by atoms with Crippen LogP contribution in [0, 0.1) is 18.3 Å². The van der Waals surface area contributed by atoms with E-state index in [1.54, 1.807) is 24.0 Å². The van der Waals surface area contributed by atoms with Crippen molar-refractivity contribution in [3.63, 3.8) is 0 Å². The van der Waals surface area contributed by atoms with E-state index in [1.165, 1.54) is 0 Å². The summed E-state index contributed by atoms with van der Waals surface area (Å²) in [5.41, 5.74) is 1.04. The van der Waals surface area contributed by atoms with E-state index in [9.17, 15) is 9.59 Å². The largest absolute Gasteiger partial charge is 0.481 e. The summed E-state index contributed by atoms with van der Waals surface area (Å²) < 4.78 is 0. The molecule has 1 amide bonds. The summed E-state index contributed by atoms with van der Waals surface area (Å²) in [7, 11) is 0. The molecule has 7 heteroatoms. The molecule has 2 N–H and O–H groups in total. The quantitative estimate of drug-likeness (QED) is 0.806. The third-order valence-corrected chi connectivity index (χ3v) is 3.11. The summed E-state index contributed by atoms with van der Waals surface area (Å²) in [4.78, 5) is 28.7. The monoisotopic (exact) mass is 274 g/mol. The number of aromatic nitrogens is 1. The number of nitrogens with zero attached hydrogens (tertiary/aromatic N) is 3. The second-order valence-corrected chi connectivity index (χ2v) is 4.53. The molecule has 1 aliphatic rings. The lowest BCUT2D eigenvalue weighted by atomic mass is 10.1. The van der Waals surface area contributed by atoms with Crippen LogP contribution in [0.2, 0.25) is 0 Å². The van der Waals surface area contributed by atoms with Crippen molar-refractivity contribution in [3.05, 3.63) is 23.4 Å². The average molecular weight is 274 g/mol. The molecule has 0 aromatic carbocycles. The number of nitrogens with one attached hydrogen (secondary N) is 1. The number of anilines is 1. The van der Waals surface area contributed by atoms with Crippen molar-refractivity contribution < 1.29 is 14.7 Å². The van der Waals surface area contributed by atoms with Crippen molar-refractivity contribution in [2.75, 3.05) is 18.0 Å². The number of aryl methyl sites for hydroxylation is 1. The summed E-state index contributed by atoms with van der Waals surface area (Å²) >= 11 is 0. The molecule has 20 heavy (non-hydrogen) atoms. The predicted molar refractivity (Wildman–Crippen MR) is 70.1 cm³/mol. The molecule has 104 valence electrons. The Hall–Kier alpha value is -2.62. The van der Waals surface area contributed by atoms with Crippen LogP contribution in [0.15, 0.2) is 12.1 Å². The zero-order valence-electron chi connectivity index (χ0n) is 11.0. The molecule has 1 saturated heterocycles. The Balaban J connectivity index is 2.42. The Labute approximate surface area is 115 Å². The molecule has 1 aromatic heterocycles. The number of amides is 1. The minimum Gasteiger partial charge on any atom is -0.481 e. The molecule has 1 aromatic rings. The SMILES string of the molecule is Cc1ccc(C#N)c(N2CCNC(=O)C2CC(=O)O)n1. The lowest BCUT2D eigenvalue weighted by molar-refractivity contribution is -0.139. The molecule has 0 saturated carbocycles. The lowest BCUT2D eigenvalue weighted by Crippen LogP contribution is -2.56. The lowest BCUT2D eigenvalue weighted by Gasteiger charge is -2.35. The Morgan fingerprint density at radius 2 is 2.40 bits per heavy atom. The molecule has 1 aliphatic heterocycles. The van der Waals surface area contributed by atoms with Crippen LogP contribution in [0.3, 0.4) is 0 Å². The fourth-order valence-electron chi connectivity index (χ4n) is 2.19. The zero-order valence-corrected chi connectivity index (χ0v) is 11.0. The van der Waals surface area contributed by atoms with E-state index in [1.807, 2.05) is 6.07 Å². The van der Waals surface area contributed by atoms with Crippen LogP contribution in [0.5, 0.6) is 0 Å². The van der Waals surface area contributed by atoms with Crippen LogP contribution >= 0.6 is 0 Å². The van der Waals surface area contributed by atoms with Crippen LogP contribution < -0.4 is 10.2 Å². The Morgan fingerprint density at radius 3 is 3.05 bits per heavy atom. The molecule has 0 aliphatic carbocycles. The molecule has 2 heterocycles. The van der Waals surface area contributed by atoms with Gasteiger partial charge in [-0.05, 0) is 19.1 Å². The highest BCUT2D eigenvalue weighted by Gasteiger charge is 2.33. The third kappa shape index (κ3) is 2.69. The van der Waals surface area contributed by atoms with Gasteiger partial charge in [0.05, 0.1) is 12.0 Å². The topological polar surface area (TPSA) is 106 Å². The maximum absolute atomic E-state index is 11.9. The molecule has 0 radical (unpaired) electrons. The zero-order chi connectivity index (χ0) is 14.7. The standard InChI is InChI=1S/C13H14N4O3/c1-8-2-3-9(7-14)12(16-8)17-5-4-15-13(20)10(17)6-11(18)19/h2-3,10H,4-6H2,1H3,(H,15,20)(H,18,19). The second-order valence-electron chi connectivity index (χ2n) is 4.53. The van der Waals surface area contributed by atoms with E-state index in [4.69, 9.17) is 10.4 Å². The Kier molecular flexibility index (Phi) is 3.84. The number of carboxylic acid groups (broad SMARTS) is 1. The van der Waals surface area contributed by atoms with E-state index in [-0.39, 0.29) is 12.3 Å². The van der Waals surface area contributed by atoms with Gasteiger partial charge in [0.2, 0.25) is 5.91 Å². The smallest absolute Gasteiger partial charge is 0.305 e. The number of carbonyl (C=O) groups is 2.